The third kappa shape index (κ3) is 2.40. The van der Waals surface area contributed by atoms with Crippen LogP contribution in [0.1, 0.15) is 54.4 Å². The topological polar surface area (TPSA) is 0 Å². The summed E-state index contributed by atoms with van der Waals surface area (Å²) < 4.78 is 0. The number of benzene rings is 2. The van der Waals surface area contributed by atoms with Gasteiger partial charge < -0.3 is 0 Å². The first-order valence-electron chi connectivity index (χ1n) is 7.68. The van der Waals surface area contributed by atoms with Gasteiger partial charge in [0, 0.05) is 5.41 Å². The number of hydrogen-bond donors (Lipinski definition) is 0. The summed E-state index contributed by atoms with van der Waals surface area (Å²) >= 11 is 0. The van der Waals surface area contributed by atoms with Crippen molar-refractivity contribution in [1.82, 2.24) is 0 Å². The highest BCUT2D eigenvalue weighted by Crippen LogP contribution is 2.45. The molecule has 0 saturated heterocycles. The molecule has 2 radical (unpaired) electrons. The maximum Gasteiger partial charge on any atom is 0.0203 e. The van der Waals surface area contributed by atoms with Gasteiger partial charge >= 0.3 is 0 Å². The van der Waals surface area contributed by atoms with Crippen molar-refractivity contribution in [1.29, 1.82) is 0 Å². The summed E-state index contributed by atoms with van der Waals surface area (Å²) in [4.78, 5) is 0. The van der Waals surface area contributed by atoms with Crippen LogP contribution in [0.15, 0.2) is 36.4 Å². The van der Waals surface area contributed by atoms with Crippen LogP contribution >= 0.6 is 0 Å². The van der Waals surface area contributed by atoms with Gasteiger partial charge in [0.2, 0.25) is 0 Å². The summed E-state index contributed by atoms with van der Waals surface area (Å²) in [5.41, 5.74) is 5.63. The van der Waals surface area contributed by atoms with E-state index in [2.05, 4.69) is 62.4 Å². The second-order valence-corrected chi connectivity index (χ2v) is 6.16. The average Bonchev–Trinajstić information content (AvgIpc) is 2.48. The minimum absolute atomic E-state index is 0.206. The highest BCUT2D eigenvalue weighted by atomic mass is 14.4. The molecule has 0 amide bonds. The van der Waals surface area contributed by atoms with Crippen LogP contribution < -0.4 is 0 Å². The Bertz CT molecular complexity index is 541. The van der Waals surface area contributed by atoms with Crippen molar-refractivity contribution in [3.8, 4) is 0 Å². The molecule has 0 heteroatoms. The van der Waals surface area contributed by atoms with E-state index in [9.17, 15) is 0 Å². The lowest BCUT2D eigenvalue weighted by atomic mass is 9.65. The molecule has 1 aliphatic carbocycles. The molecular formula is C20H22. The number of hydrogen-bond acceptors (Lipinski definition) is 0. The quantitative estimate of drug-likeness (QED) is 0.701. The van der Waals surface area contributed by atoms with Crippen molar-refractivity contribution in [3.05, 3.63) is 70.8 Å². The average molecular weight is 262 g/mol. The van der Waals surface area contributed by atoms with Crippen LogP contribution in [0.5, 0.6) is 0 Å². The van der Waals surface area contributed by atoms with Gasteiger partial charge in [-0.25, -0.2) is 0 Å². The minimum atomic E-state index is 0.206. The highest BCUT2D eigenvalue weighted by molar-refractivity contribution is 5.42. The summed E-state index contributed by atoms with van der Waals surface area (Å²) in [6.07, 6.45) is 6.56. The SMILES string of the molecule is Cc1[c]ccc(C2(c3cc[c]c(C)c3)CCCCC2)c1. The van der Waals surface area contributed by atoms with Gasteiger partial charge in [-0.05, 0) is 61.1 Å². The van der Waals surface area contributed by atoms with Gasteiger partial charge in [-0.1, -0.05) is 55.7 Å². The van der Waals surface area contributed by atoms with Gasteiger partial charge in [-0.15, -0.1) is 0 Å². The number of rotatable bonds is 2. The normalized spacial score (nSPS) is 17.9. The molecule has 0 atom stereocenters. The van der Waals surface area contributed by atoms with Crippen LogP contribution in [0, 0.1) is 26.0 Å². The Kier molecular flexibility index (Phi) is 3.65. The molecule has 3 rings (SSSR count). The molecule has 0 unspecified atom stereocenters. The molecule has 102 valence electrons. The van der Waals surface area contributed by atoms with Crippen LogP contribution in [-0.2, 0) is 5.41 Å². The molecule has 0 nitrogen and oxygen atoms in total. The predicted molar refractivity (Wildman–Crippen MR) is 83.9 cm³/mol. The molecule has 1 aliphatic rings. The zero-order chi connectivity index (χ0) is 14.0. The molecule has 2 aromatic rings. The summed E-state index contributed by atoms with van der Waals surface area (Å²) in [5.74, 6) is 0. The lowest BCUT2D eigenvalue weighted by Crippen LogP contribution is -2.30. The summed E-state index contributed by atoms with van der Waals surface area (Å²) in [6, 6.07) is 19.9. The lowest BCUT2D eigenvalue weighted by molar-refractivity contribution is 0.345. The Labute approximate surface area is 122 Å². The first kappa shape index (κ1) is 13.4. The minimum Gasteiger partial charge on any atom is -0.0575 e. The van der Waals surface area contributed by atoms with E-state index in [0.29, 0.717) is 0 Å². The van der Waals surface area contributed by atoms with E-state index in [-0.39, 0.29) is 5.41 Å². The van der Waals surface area contributed by atoms with Gasteiger partial charge in [0.15, 0.2) is 0 Å². The van der Waals surface area contributed by atoms with E-state index in [1.54, 1.807) is 0 Å². The van der Waals surface area contributed by atoms with Crippen molar-refractivity contribution in [2.24, 2.45) is 0 Å². The first-order chi connectivity index (χ1) is 9.71. The maximum absolute atomic E-state index is 3.28. The van der Waals surface area contributed by atoms with E-state index in [4.69, 9.17) is 0 Å². The maximum atomic E-state index is 3.28. The third-order valence-electron chi connectivity index (χ3n) is 4.70. The Morgan fingerprint density at radius 1 is 0.800 bits per heavy atom. The number of aryl methyl sites for hydroxylation is 2. The first-order valence-corrected chi connectivity index (χ1v) is 7.68. The molecule has 0 N–H and O–H groups in total. The van der Waals surface area contributed by atoms with Crippen molar-refractivity contribution >= 4 is 0 Å². The van der Waals surface area contributed by atoms with Gasteiger partial charge in [0.05, 0.1) is 0 Å². The molecule has 0 aromatic heterocycles. The molecule has 0 bridgehead atoms. The molecule has 1 fully saturated rings. The van der Waals surface area contributed by atoms with E-state index in [1.165, 1.54) is 54.4 Å². The fourth-order valence-electron chi connectivity index (χ4n) is 3.67. The van der Waals surface area contributed by atoms with E-state index < -0.39 is 0 Å². The lowest BCUT2D eigenvalue weighted by Gasteiger charge is -2.39. The van der Waals surface area contributed by atoms with Crippen LogP contribution in [-0.4, -0.2) is 0 Å². The molecule has 2 aromatic carbocycles. The van der Waals surface area contributed by atoms with Gasteiger partial charge in [-0.3, -0.25) is 0 Å². The fraction of sp³-hybridized carbons (Fsp3) is 0.400. The molecule has 1 saturated carbocycles. The fourth-order valence-corrected chi connectivity index (χ4v) is 3.67. The Morgan fingerprint density at radius 2 is 1.30 bits per heavy atom. The Balaban J connectivity index is 2.13. The van der Waals surface area contributed by atoms with Crippen molar-refractivity contribution in [2.45, 2.75) is 51.4 Å². The summed E-state index contributed by atoms with van der Waals surface area (Å²) in [7, 11) is 0. The standard InChI is InChI=1S/C20H22/c1-16-8-6-10-18(14-16)20(12-4-3-5-13-20)19-11-7-9-17(2)15-19/h6-7,10-11,14-15H,3-5,12-13H2,1-2H3. The molecule has 0 aliphatic heterocycles. The molecular weight excluding hydrogens is 240 g/mol. The van der Waals surface area contributed by atoms with Gasteiger partial charge in [0.25, 0.3) is 0 Å². The van der Waals surface area contributed by atoms with Crippen molar-refractivity contribution in [3.63, 3.8) is 0 Å². The van der Waals surface area contributed by atoms with Crippen LogP contribution in [0.2, 0.25) is 0 Å². The second-order valence-electron chi connectivity index (χ2n) is 6.16. The van der Waals surface area contributed by atoms with Crippen LogP contribution in [0.3, 0.4) is 0 Å². The highest BCUT2D eigenvalue weighted by Gasteiger charge is 2.35. The van der Waals surface area contributed by atoms with Crippen molar-refractivity contribution < 1.29 is 0 Å². The third-order valence-corrected chi connectivity index (χ3v) is 4.70. The predicted octanol–water partition coefficient (Wildman–Crippen LogP) is 5.15. The molecule has 20 heavy (non-hydrogen) atoms. The zero-order valence-electron chi connectivity index (χ0n) is 12.5. The smallest absolute Gasteiger partial charge is 0.0203 e. The van der Waals surface area contributed by atoms with Gasteiger partial charge in [-0.2, -0.15) is 0 Å². The van der Waals surface area contributed by atoms with E-state index in [1.807, 2.05) is 0 Å². The van der Waals surface area contributed by atoms with E-state index in [0.717, 1.165) is 0 Å². The second kappa shape index (κ2) is 5.44. The summed E-state index contributed by atoms with van der Waals surface area (Å²) in [6.45, 7) is 4.29. The summed E-state index contributed by atoms with van der Waals surface area (Å²) in [5, 5.41) is 0. The molecule has 0 heterocycles. The largest absolute Gasteiger partial charge is 0.0575 e. The Morgan fingerprint density at radius 3 is 1.75 bits per heavy atom. The van der Waals surface area contributed by atoms with Crippen LogP contribution in [0.4, 0.5) is 0 Å². The van der Waals surface area contributed by atoms with Crippen LogP contribution in [0.25, 0.3) is 0 Å². The Hall–Kier alpha value is -1.56. The monoisotopic (exact) mass is 262 g/mol. The van der Waals surface area contributed by atoms with Gasteiger partial charge in [0.1, 0.15) is 0 Å². The van der Waals surface area contributed by atoms with E-state index >= 15 is 0 Å². The van der Waals surface area contributed by atoms with Crippen molar-refractivity contribution in [2.75, 3.05) is 0 Å². The molecule has 0 spiro atoms. The zero-order valence-corrected chi connectivity index (χ0v) is 12.5.